The molecule has 124 valence electrons. The highest BCUT2D eigenvalue weighted by Crippen LogP contribution is 2.34. The quantitative estimate of drug-likeness (QED) is 0.928. The topological polar surface area (TPSA) is 80.0 Å². The van der Waals surface area contributed by atoms with Crippen molar-refractivity contribution in [2.24, 2.45) is 0 Å². The zero-order chi connectivity index (χ0) is 16.8. The van der Waals surface area contributed by atoms with Crippen LogP contribution in [-0.2, 0) is 5.60 Å². The van der Waals surface area contributed by atoms with Crippen LogP contribution >= 0.6 is 0 Å². The second-order valence-corrected chi connectivity index (χ2v) is 6.69. The lowest BCUT2D eigenvalue weighted by Crippen LogP contribution is -2.32. The molecule has 0 aromatic carbocycles. The molecule has 3 rings (SSSR count). The zero-order valence-electron chi connectivity index (χ0n) is 14.4. The van der Waals surface area contributed by atoms with E-state index >= 15 is 0 Å². The van der Waals surface area contributed by atoms with Crippen LogP contribution in [0.1, 0.15) is 49.1 Å². The highest BCUT2D eigenvalue weighted by atomic mass is 16.3. The van der Waals surface area contributed by atoms with Crippen molar-refractivity contribution in [2.45, 2.75) is 52.7 Å². The number of rotatable bonds is 3. The van der Waals surface area contributed by atoms with Crippen LogP contribution in [0, 0.1) is 20.8 Å². The zero-order valence-corrected chi connectivity index (χ0v) is 14.4. The smallest absolute Gasteiger partial charge is 0.135 e. The van der Waals surface area contributed by atoms with Crippen LogP contribution in [0.2, 0.25) is 0 Å². The molecule has 1 aliphatic rings. The molecule has 1 atom stereocenters. The van der Waals surface area contributed by atoms with Crippen LogP contribution in [0.5, 0.6) is 0 Å². The maximum Gasteiger partial charge on any atom is 0.135 e. The van der Waals surface area contributed by atoms with Gasteiger partial charge >= 0.3 is 0 Å². The van der Waals surface area contributed by atoms with E-state index in [-0.39, 0.29) is 6.04 Å². The molecular formula is C16H24N6O. The molecule has 1 aliphatic heterocycles. The van der Waals surface area contributed by atoms with Gasteiger partial charge in [0.1, 0.15) is 22.9 Å². The van der Waals surface area contributed by atoms with Gasteiger partial charge in [0.2, 0.25) is 0 Å². The summed E-state index contributed by atoms with van der Waals surface area (Å²) >= 11 is 0. The Hall–Kier alpha value is -2.02. The monoisotopic (exact) mass is 316 g/mol. The molecule has 0 aliphatic carbocycles. The third-order valence-electron chi connectivity index (χ3n) is 4.54. The highest BCUT2D eigenvalue weighted by Gasteiger charge is 2.41. The van der Waals surface area contributed by atoms with Crippen LogP contribution < -0.4 is 4.90 Å². The number of aliphatic hydroxyl groups is 1. The van der Waals surface area contributed by atoms with Crippen molar-refractivity contribution in [2.75, 3.05) is 18.0 Å². The summed E-state index contributed by atoms with van der Waals surface area (Å²) in [5.41, 5.74) is 1.69. The van der Waals surface area contributed by atoms with Crippen molar-refractivity contribution in [3.63, 3.8) is 0 Å². The Bertz CT molecular complexity index is 725. The van der Waals surface area contributed by atoms with E-state index in [4.69, 9.17) is 0 Å². The van der Waals surface area contributed by atoms with Gasteiger partial charge in [0.05, 0.1) is 12.7 Å². The van der Waals surface area contributed by atoms with Gasteiger partial charge < -0.3 is 10.0 Å². The van der Waals surface area contributed by atoms with Crippen molar-refractivity contribution in [1.29, 1.82) is 0 Å². The fraction of sp³-hybridized carbons (Fsp3) is 0.625. The van der Waals surface area contributed by atoms with Crippen LogP contribution in [0.3, 0.4) is 0 Å². The first kappa shape index (κ1) is 15.9. The van der Waals surface area contributed by atoms with Gasteiger partial charge in [0.25, 0.3) is 0 Å². The van der Waals surface area contributed by atoms with E-state index in [9.17, 15) is 5.11 Å². The lowest BCUT2D eigenvalue weighted by molar-refractivity contribution is 0.0558. The van der Waals surface area contributed by atoms with Gasteiger partial charge in [-0.15, -0.1) is 5.10 Å². The van der Waals surface area contributed by atoms with E-state index in [0.29, 0.717) is 18.7 Å². The fourth-order valence-corrected chi connectivity index (χ4v) is 2.98. The Kier molecular flexibility index (Phi) is 3.83. The molecule has 0 amide bonds. The van der Waals surface area contributed by atoms with E-state index < -0.39 is 5.60 Å². The molecule has 2 aromatic rings. The Morgan fingerprint density at radius 3 is 2.61 bits per heavy atom. The summed E-state index contributed by atoms with van der Waals surface area (Å²) < 4.78 is 1.78. The van der Waals surface area contributed by atoms with Gasteiger partial charge in [-0.2, -0.15) is 0 Å². The molecule has 3 heterocycles. The first-order chi connectivity index (χ1) is 10.8. The summed E-state index contributed by atoms with van der Waals surface area (Å²) in [6, 6.07) is 0.228. The third kappa shape index (κ3) is 2.81. The summed E-state index contributed by atoms with van der Waals surface area (Å²) in [6.07, 6.45) is 2.46. The van der Waals surface area contributed by atoms with Crippen LogP contribution in [0.25, 0.3) is 0 Å². The number of aryl methyl sites for hydroxylation is 2. The van der Waals surface area contributed by atoms with Crippen LogP contribution in [0.15, 0.2) is 6.20 Å². The number of anilines is 1. The van der Waals surface area contributed by atoms with Crippen molar-refractivity contribution in [3.8, 4) is 0 Å². The lowest BCUT2D eigenvalue weighted by Gasteiger charge is -2.23. The largest absolute Gasteiger partial charge is 0.381 e. The minimum absolute atomic E-state index is 0.228. The molecule has 0 spiro atoms. The number of β-amino-alcohol motifs (C(OH)–C–C–N with tert-alkyl or cyclic N) is 1. The molecule has 1 fully saturated rings. The SMILES string of the molecule is Cc1nc(C)c(C)c(N2CC[C@@](O)(c3cn(C(C)C)nn3)C2)n1. The molecule has 2 aromatic heterocycles. The minimum Gasteiger partial charge on any atom is -0.381 e. The second kappa shape index (κ2) is 5.56. The molecular weight excluding hydrogens is 292 g/mol. The summed E-state index contributed by atoms with van der Waals surface area (Å²) in [6.45, 7) is 11.2. The molecule has 7 heteroatoms. The number of hydrogen-bond acceptors (Lipinski definition) is 6. The van der Waals surface area contributed by atoms with E-state index in [1.807, 2.05) is 40.8 Å². The van der Waals surface area contributed by atoms with Crippen molar-refractivity contribution in [1.82, 2.24) is 25.0 Å². The molecule has 7 nitrogen and oxygen atoms in total. The van der Waals surface area contributed by atoms with E-state index in [2.05, 4.69) is 25.2 Å². The average Bonchev–Trinajstić information content (AvgIpc) is 3.10. The molecule has 1 saturated heterocycles. The Morgan fingerprint density at radius 1 is 1.22 bits per heavy atom. The first-order valence-corrected chi connectivity index (χ1v) is 8.01. The summed E-state index contributed by atoms with van der Waals surface area (Å²) in [4.78, 5) is 11.1. The maximum atomic E-state index is 11.0. The summed E-state index contributed by atoms with van der Waals surface area (Å²) in [5, 5.41) is 19.3. The van der Waals surface area contributed by atoms with Crippen LogP contribution in [-0.4, -0.2) is 43.2 Å². The van der Waals surface area contributed by atoms with E-state index in [1.165, 1.54) is 0 Å². The first-order valence-electron chi connectivity index (χ1n) is 8.01. The normalized spacial score (nSPS) is 21.4. The summed E-state index contributed by atoms with van der Waals surface area (Å²) in [5.74, 6) is 1.66. The summed E-state index contributed by atoms with van der Waals surface area (Å²) in [7, 11) is 0. The Balaban J connectivity index is 1.87. The maximum absolute atomic E-state index is 11.0. The van der Waals surface area contributed by atoms with Gasteiger partial charge in [-0.25, -0.2) is 14.6 Å². The molecule has 0 radical (unpaired) electrons. The van der Waals surface area contributed by atoms with Gasteiger partial charge in [0, 0.05) is 30.3 Å². The number of nitrogens with zero attached hydrogens (tertiary/aromatic N) is 6. The van der Waals surface area contributed by atoms with E-state index in [0.717, 1.165) is 29.4 Å². The predicted molar refractivity (Wildman–Crippen MR) is 87.4 cm³/mol. The van der Waals surface area contributed by atoms with Crippen molar-refractivity contribution >= 4 is 5.82 Å². The van der Waals surface area contributed by atoms with Gasteiger partial charge in [-0.05, 0) is 34.6 Å². The number of hydrogen-bond donors (Lipinski definition) is 1. The van der Waals surface area contributed by atoms with Gasteiger partial charge in [-0.1, -0.05) is 5.21 Å². The standard InChI is InChI=1S/C16H24N6O/c1-10(2)22-8-14(19-20-22)16(23)6-7-21(9-16)15-11(3)12(4)17-13(5)18-15/h8,10,23H,6-7,9H2,1-5H3/t16-/m0/s1. The molecule has 23 heavy (non-hydrogen) atoms. The second-order valence-electron chi connectivity index (χ2n) is 6.69. The molecule has 0 saturated carbocycles. The number of aromatic nitrogens is 5. The van der Waals surface area contributed by atoms with Gasteiger partial charge in [0.15, 0.2) is 0 Å². The van der Waals surface area contributed by atoms with E-state index in [1.54, 1.807) is 4.68 Å². The van der Waals surface area contributed by atoms with Crippen molar-refractivity contribution < 1.29 is 5.11 Å². The lowest BCUT2D eigenvalue weighted by atomic mass is 10.00. The average molecular weight is 316 g/mol. The van der Waals surface area contributed by atoms with Crippen LogP contribution in [0.4, 0.5) is 5.82 Å². The third-order valence-corrected chi connectivity index (χ3v) is 4.54. The molecule has 1 N–H and O–H groups in total. The van der Waals surface area contributed by atoms with Crippen molar-refractivity contribution in [3.05, 3.63) is 29.0 Å². The molecule has 0 unspecified atom stereocenters. The minimum atomic E-state index is -0.980. The molecule has 0 bridgehead atoms. The Morgan fingerprint density at radius 2 is 1.96 bits per heavy atom. The fourth-order valence-electron chi connectivity index (χ4n) is 2.98. The Labute approximate surface area is 136 Å². The highest BCUT2D eigenvalue weighted by molar-refractivity contribution is 5.50. The predicted octanol–water partition coefficient (Wildman–Crippen LogP) is 1.67. The van der Waals surface area contributed by atoms with Gasteiger partial charge in [-0.3, -0.25) is 0 Å².